The first-order chi connectivity index (χ1) is 12.5. The van der Waals surface area contributed by atoms with Gasteiger partial charge in [0.2, 0.25) is 0 Å². The molecule has 2 aromatic rings. The van der Waals surface area contributed by atoms with Crippen LogP contribution in [0.2, 0.25) is 0 Å². The van der Waals surface area contributed by atoms with Crippen molar-refractivity contribution in [3.63, 3.8) is 0 Å². The molecular formula is C20H21NO5. The van der Waals surface area contributed by atoms with Gasteiger partial charge in [0.05, 0.1) is 20.8 Å². The molecule has 0 bridgehead atoms. The molecule has 0 aliphatic carbocycles. The van der Waals surface area contributed by atoms with Gasteiger partial charge in [0.1, 0.15) is 23.2 Å². The van der Waals surface area contributed by atoms with Crippen LogP contribution in [-0.2, 0) is 11.2 Å². The smallest absolute Gasteiger partial charge is 0.341 e. The number of amides is 1. The second-order valence-electron chi connectivity index (χ2n) is 6.12. The number of methoxy groups -OCH3 is 2. The van der Waals surface area contributed by atoms with Gasteiger partial charge in [0, 0.05) is 17.5 Å². The minimum absolute atomic E-state index is 0.145. The van der Waals surface area contributed by atoms with Crippen molar-refractivity contribution in [3.05, 3.63) is 58.7 Å². The van der Waals surface area contributed by atoms with Gasteiger partial charge in [-0.25, -0.2) is 4.79 Å². The number of nitrogens with one attached hydrogen (secondary N) is 1. The summed E-state index contributed by atoms with van der Waals surface area (Å²) in [5.41, 5.74) is 2.74. The van der Waals surface area contributed by atoms with Crippen LogP contribution in [0, 0.1) is 6.92 Å². The van der Waals surface area contributed by atoms with E-state index in [4.69, 9.17) is 14.2 Å². The number of fused-ring (bicyclic) bond motifs is 1. The van der Waals surface area contributed by atoms with Gasteiger partial charge in [-0.15, -0.1) is 0 Å². The Morgan fingerprint density at radius 3 is 2.65 bits per heavy atom. The minimum Gasteiger partial charge on any atom is -0.497 e. The van der Waals surface area contributed by atoms with Crippen molar-refractivity contribution < 1.29 is 23.8 Å². The Hall–Kier alpha value is -3.02. The fraction of sp³-hybridized carbons (Fsp3) is 0.300. The second kappa shape index (κ2) is 7.47. The molecule has 0 saturated carbocycles. The highest BCUT2D eigenvalue weighted by Gasteiger charge is 2.29. The summed E-state index contributed by atoms with van der Waals surface area (Å²) in [5.74, 6) is 0.434. The fourth-order valence-corrected chi connectivity index (χ4v) is 3.03. The predicted octanol–water partition coefficient (Wildman–Crippen LogP) is 2.52. The van der Waals surface area contributed by atoms with E-state index < -0.39 is 5.97 Å². The average Bonchev–Trinajstić information content (AvgIpc) is 3.07. The maximum atomic E-state index is 12.4. The van der Waals surface area contributed by atoms with Gasteiger partial charge in [-0.05, 0) is 30.7 Å². The molecule has 0 radical (unpaired) electrons. The highest BCUT2D eigenvalue weighted by molar-refractivity contribution is 5.95. The summed E-state index contributed by atoms with van der Waals surface area (Å²) >= 11 is 0. The number of carbonyl (C=O) groups is 2. The van der Waals surface area contributed by atoms with E-state index in [1.54, 1.807) is 19.2 Å². The third kappa shape index (κ3) is 3.49. The Morgan fingerprint density at radius 1 is 1.19 bits per heavy atom. The summed E-state index contributed by atoms with van der Waals surface area (Å²) < 4.78 is 16.0. The van der Waals surface area contributed by atoms with E-state index in [0.717, 1.165) is 11.1 Å². The van der Waals surface area contributed by atoms with Crippen molar-refractivity contribution in [1.29, 1.82) is 0 Å². The summed E-state index contributed by atoms with van der Waals surface area (Å²) in [6, 6.07) is 10.8. The van der Waals surface area contributed by atoms with Crippen molar-refractivity contribution in [2.24, 2.45) is 0 Å². The first-order valence-corrected chi connectivity index (χ1v) is 8.33. The van der Waals surface area contributed by atoms with Gasteiger partial charge in [-0.2, -0.15) is 0 Å². The number of hydrogen-bond acceptors (Lipinski definition) is 5. The highest BCUT2D eigenvalue weighted by atomic mass is 16.5. The van der Waals surface area contributed by atoms with Crippen LogP contribution in [0.3, 0.4) is 0 Å². The van der Waals surface area contributed by atoms with Crippen LogP contribution in [-0.4, -0.2) is 38.7 Å². The van der Waals surface area contributed by atoms with Crippen LogP contribution in [0.5, 0.6) is 11.5 Å². The third-order valence-corrected chi connectivity index (χ3v) is 4.39. The van der Waals surface area contributed by atoms with Crippen molar-refractivity contribution in [2.75, 3.05) is 20.8 Å². The lowest BCUT2D eigenvalue weighted by atomic mass is 10.1. The van der Waals surface area contributed by atoms with E-state index in [0.29, 0.717) is 35.6 Å². The van der Waals surface area contributed by atoms with E-state index >= 15 is 0 Å². The minimum atomic E-state index is -0.482. The van der Waals surface area contributed by atoms with Crippen molar-refractivity contribution in [1.82, 2.24) is 5.32 Å². The number of esters is 1. The van der Waals surface area contributed by atoms with E-state index in [-0.39, 0.29) is 12.0 Å². The lowest BCUT2D eigenvalue weighted by Crippen LogP contribution is -2.34. The molecule has 1 aliphatic rings. The molecule has 1 atom stereocenters. The molecule has 6 heteroatoms. The first-order valence-electron chi connectivity index (χ1n) is 8.33. The van der Waals surface area contributed by atoms with Crippen molar-refractivity contribution >= 4 is 11.9 Å². The van der Waals surface area contributed by atoms with Crippen LogP contribution < -0.4 is 14.8 Å². The zero-order valence-corrected chi connectivity index (χ0v) is 15.0. The molecular weight excluding hydrogens is 334 g/mol. The van der Waals surface area contributed by atoms with E-state index in [1.807, 2.05) is 31.2 Å². The Labute approximate surface area is 152 Å². The lowest BCUT2D eigenvalue weighted by Gasteiger charge is -2.14. The molecule has 1 N–H and O–H groups in total. The molecule has 1 amide bonds. The molecule has 0 fully saturated rings. The Bertz CT molecular complexity index is 846. The standard InChI is InChI=1S/C20H21NO5/c1-12-6-4-5-7-16(12)19(22)21-11-15-9-13-8-14(24-2)10-17(18(13)26-15)20(23)25-3/h4-8,10,15H,9,11H2,1-3H3,(H,21,22). The van der Waals surface area contributed by atoms with Crippen LogP contribution in [0.1, 0.15) is 31.8 Å². The SMILES string of the molecule is COC(=O)c1cc(OC)cc2c1OC(CNC(=O)c1ccccc1C)C2. The molecule has 26 heavy (non-hydrogen) atoms. The molecule has 2 aromatic carbocycles. The van der Waals surface area contributed by atoms with Gasteiger partial charge in [0.15, 0.2) is 0 Å². The number of rotatable bonds is 5. The quantitative estimate of drug-likeness (QED) is 0.835. The summed E-state index contributed by atoms with van der Waals surface area (Å²) in [5, 5.41) is 2.90. The van der Waals surface area contributed by atoms with E-state index in [2.05, 4.69) is 5.32 Å². The Morgan fingerprint density at radius 2 is 1.96 bits per heavy atom. The molecule has 1 aliphatic heterocycles. The predicted molar refractivity (Wildman–Crippen MR) is 96.0 cm³/mol. The van der Waals surface area contributed by atoms with Gasteiger partial charge in [-0.3, -0.25) is 4.79 Å². The number of hydrogen-bond donors (Lipinski definition) is 1. The topological polar surface area (TPSA) is 73.9 Å². The van der Waals surface area contributed by atoms with Crippen LogP contribution in [0.15, 0.2) is 36.4 Å². The summed E-state index contributed by atoms with van der Waals surface area (Å²) in [6.07, 6.45) is 0.318. The van der Waals surface area contributed by atoms with E-state index in [1.165, 1.54) is 7.11 Å². The Kier molecular flexibility index (Phi) is 5.11. The molecule has 0 spiro atoms. The monoisotopic (exact) mass is 355 g/mol. The van der Waals surface area contributed by atoms with Gasteiger partial charge in [0.25, 0.3) is 5.91 Å². The molecule has 6 nitrogen and oxygen atoms in total. The number of ether oxygens (including phenoxy) is 3. The van der Waals surface area contributed by atoms with Crippen LogP contribution in [0.4, 0.5) is 0 Å². The Balaban J connectivity index is 1.72. The summed E-state index contributed by atoms with van der Waals surface area (Å²) in [4.78, 5) is 24.4. The maximum absolute atomic E-state index is 12.4. The lowest BCUT2D eigenvalue weighted by molar-refractivity contribution is 0.0594. The van der Waals surface area contributed by atoms with E-state index in [9.17, 15) is 9.59 Å². The van der Waals surface area contributed by atoms with Crippen molar-refractivity contribution in [2.45, 2.75) is 19.4 Å². The van der Waals surface area contributed by atoms with Crippen LogP contribution >= 0.6 is 0 Å². The van der Waals surface area contributed by atoms with Crippen LogP contribution in [0.25, 0.3) is 0 Å². The zero-order chi connectivity index (χ0) is 18.7. The zero-order valence-electron chi connectivity index (χ0n) is 15.0. The van der Waals surface area contributed by atoms with Gasteiger partial charge >= 0.3 is 5.97 Å². The average molecular weight is 355 g/mol. The number of benzene rings is 2. The molecule has 1 unspecified atom stereocenters. The third-order valence-electron chi connectivity index (χ3n) is 4.39. The summed E-state index contributed by atoms with van der Waals surface area (Å²) in [7, 11) is 2.86. The number of carbonyl (C=O) groups excluding carboxylic acids is 2. The highest BCUT2D eigenvalue weighted by Crippen LogP contribution is 2.36. The molecule has 136 valence electrons. The van der Waals surface area contributed by atoms with Gasteiger partial charge in [-0.1, -0.05) is 18.2 Å². The number of aryl methyl sites for hydroxylation is 1. The molecule has 0 saturated heterocycles. The summed E-state index contributed by atoms with van der Waals surface area (Å²) in [6.45, 7) is 2.23. The molecule has 3 rings (SSSR count). The van der Waals surface area contributed by atoms with Gasteiger partial charge < -0.3 is 19.5 Å². The molecule has 0 aromatic heterocycles. The normalized spacial score (nSPS) is 15.0. The largest absolute Gasteiger partial charge is 0.497 e. The fourth-order valence-electron chi connectivity index (χ4n) is 3.03. The first kappa shape index (κ1) is 17.8. The molecule has 1 heterocycles. The second-order valence-corrected chi connectivity index (χ2v) is 6.12. The maximum Gasteiger partial charge on any atom is 0.341 e. The van der Waals surface area contributed by atoms with Crippen molar-refractivity contribution in [3.8, 4) is 11.5 Å².